The van der Waals surface area contributed by atoms with Crippen LogP contribution >= 0.6 is 23.2 Å². The highest BCUT2D eigenvalue weighted by Gasteiger charge is 2.15. The molecule has 0 unspecified atom stereocenters. The van der Waals surface area contributed by atoms with Crippen molar-refractivity contribution in [3.63, 3.8) is 0 Å². The molecule has 5 nitrogen and oxygen atoms in total. The van der Waals surface area contributed by atoms with Gasteiger partial charge in [0.25, 0.3) is 5.91 Å². The fraction of sp³-hybridized carbons (Fsp3) is 0.0556. The predicted octanol–water partition coefficient (Wildman–Crippen LogP) is 4.33. The second kappa shape index (κ2) is 8.34. The lowest BCUT2D eigenvalue weighted by Crippen LogP contribution is -2.14. The van der Waals surface area contributed by atoms with Crippen LogP contribution in [0.25, 0.3) is 6.08 Å². The molecule has 0 aliphatic heterocycles. The number of anilines is 1. The van der Waals surface area contributed by atoms with Crippen LogP contribution in [0.4, 0.5) is 5.69 Å². The van der Waals surface area contributed by atoms with Gasteiger partial charge in [-0.3, -0.25) is 4.79 Å². The van der Waals surface area contributed by atoms with Gasteiger partial charge in [-0.05, 0) is 35.9 Å². The Morgan fingerprint density at radius 1 is 1.20 bits per heavy atom. The van der Waals surface area contributed by atoms with E-state index in [1.54, 1.807) is 30.3 Å². The Balaban J connectivity index is 2.33. The van der Waals surface area contributed by atoms with Gasteiger partial charge in [0.1, 0.15) is 11.6 Å². The number of methoxy groups -OCH3 is 1. The van der Waals surface area contributed by atoms with E-state index in [2.05, 4.69) is 5.32 Å². The average molecular weight is 375 g/mol. The zero-order valence-electron chi connectivity index (χ0n) is 13.0. The van der Waals surface area contributed by atoms with E-state index in [1.165, 1.54) is 25.3 Å². The van der Waals surface area contributed by atoms with Crippen LogP contribution in [-0.2, 0) is 9.53 Å². The first kappa shape index (κ1) is 18.5. The van der Waals surface area contributed by atoms with Gasteiger partial charge in [-0.15, -0.1) is 0 Å². The molecule has 0 bridgehead atoms. The summed E-state index contributed by atoms with van der Waals surface area (Å²) in [5, 5.41) is 12.5. The van der Waals surface area contributed by atoms with Crippen LogP contribution in [0, 0.1) is 11.3 Å². The predicted molar refractivity (Wildman–Crippen MR) is 96.5 cm³/mol. The summed E-state index contributed by atoms with van der Waals surface area (Å²) >= 11 is 11.8. The number of ether oxygens (including phenoxy) is 1. The third kappa shape index (κ3) is 4.60. The molecule has 2 rings (SSSR count). The number of carbonyl (C=O) groups excluding carboxylic acids is 2. The molecule has 1 amide bonds. The number of carbonyl (C=O) groups is 2. The van der Waals surface area contributed by atoms with Crippen molar-refractivity contribution in [3.8, 4) is 6.07 Å². The van der Waals surface area contributed by atoms with Gasteiger partial charge in [0.15, 0.2) is 0 Å². The molecule has 0 aliphatic carbocycles. The molecule has 0 saturated carbocycles. The number of nitrogens with one attached hydrogen (secondary N) is 1. The first-order valence-corrected chi connectivity index (χ1v) is 7.77. The zero-order valence-corrected chi connectivity index (χ0v) is 14.6. The normalized spacial score (nSPS) is 10.7. The largest absolute Gasteiger partial charge is 0.465 e. The van der Waals surface area contributed by atoms with Crippen LogP contribution in [0.15, 0.2) is 48.0 Å². The van der Waals surface area contributed by atoms with E-state index in [4.69, 9.17) is 27.9 Å². The van der Waals surface area contributed by atoms with Crippen LogP contribution < -0.4 is 5.32 Å². The van der Waals surface area contributed by atoms with E-state index in [9.17, 15) is 14.9 Å². The second-order valence-corrected chi connectivity index (χ2v) is 5.67. The molecular formula is C18H12Cl2N2O3. The van der Waals surface area contributed by atoms with Gasteiger partial charge in [0.05, 0.1) is 23.4 Å². The average Bonchev–Trinajstić information content (AvgIpc) is 2.61. The van der Waals surface area contributed by atoms with E-state index in [1.807, 2.05) is 6.07 Å². The molecule has 25 heavy (non-hydrogen) atoms. The Morgan fingerprint density at radius 3 is 2.56 bits per heavy atom. The minimum absolute atomic E-state index is 0.192. The SMILES string of the molecule is COC(=O)c1ccccc1/C=C(\C#N)C(=O)Nc1ccc(Cl)cc1Cl. The monoisotopic (exact) mass is 374 g/mol. The summed E-state index contributed by atoms with van der Waals surface area (Å²) < 4.78 is 4.69. The number of nitriles is 1. The van der Waals surface area contributed by atoms with Crippen molar-refractivity contribution in [1.29, 1.82) is 5.26 Å². The van der Waals surface area contributed by atoms with Gasteiger partial charge in [-0.25, -0.2) is 4.79 Å². The van der Waals surface area contributed by atoms with Gasteiger partial charge in [-0.1, -0.05) is 41.4 Å². The summed E-state index contributed by atoms with van der Waals surface area (Å²) in [7, 11) is 1.25. The highest BCUT2D eigenvalue weighted by molar-refractivity contribution is 6.36. The number of nitrogens with zero attached hydrogens (tertiary/aromatic N) is 1. The molecule has 0 fully saturated rings. The fourth-order valence-corrected chi connectivity index (χ4v) is 2.46. The Kier molecular flexibility index (Phi) is 6.18. The summed E-state index contributed by atoms with van der Waals surface area (Å²) in [6, 6.07) is 12.9. The summed E-state index contributed by atoms with van der Waals surface area (Å²) in [6.07, 6.45) is 1.31. The van der Waals surface area contributed by atoms with Crippen LogP contribution in [-0.4, -0.2) is 19.0 Å². The van der Waals surface area contributed by atoms with Gasteiger partial charge < -0.3 is 10.1 Å². The number of amides is 1. The molecule has 2 aromatic carbocycles. The molecule has 0 radical (unpaired) electrons. The van der Waals surface area contributed by atoms with E-state index in [0.717, 1.165) is 0 Å². The van der Waals surface area contributed by atoms with Crippen molar-refractivity contribution < 1.29 is 14.3 Å². The molecule has 0 atom stereocenters. The summed E-state index contributed by atoms with van der Waals surface area (Å²) in [4.78, 5) is 24.1. The van der Waals surface area contributed by atoms with Crippen molar-refractivity contribution in [1.82, 2.24) is 0 Å². The van der Waals surface area contributed by atoms with Crippen molar-refractivity contribution in [2.75, 3.05) is 12.4 Å². The van der Waals surface area contributed by atoms with Crippen LogP contribution in [0.2, 0.25) is 10.0 Å². The number of hydrogen-bond donors (Lipinski definition) is 1. The molecule has 2 aromatic rings. The van der Waals surface area contributed by atoms with E-state index in [0.29, 0.717) is 16.3 Å². The third-order valence-electron chi connectivity index (χ3n) is 3.21. The van der Waals surface area contributed by atoms with Gasteiger partial charge in [0, 0.05) is 5.02 Å². The lowest BCUT2D eigenvalue weighted by molar-refractivity contribution is -0.112. The fourth-order valence-electron chi connectivity index (χ4n) is 2.00. The highest BCUT2D eigenvalue weighted by atomic mass is 35.5. The van der Waals surface area contributed by atoms with Crippen molar-refractivity contribution in [2.45, 2.75) is 0 Å². The smallest absolute Gasteiger partial charge is 0.338 e. The second-order valence-electron chi connectivity index (χ2n) is 4.83. The first-order valence-electron chi connectivity index (χ1n) is 7.01. The Bertz CT molecular complexity index is 901. The maximum Gasteiger partial charge on any atom is 0.338 e. The standard InChI is InChI=1S/C18H12Cl2N2O3/c1-25-18(24)14-5-3-2-4-11(14)8-12(10-21)17(23)22-16-7-6-13(19)9-15(16)20/h2-9H,1H3,(H,22,23)/b12-8+. The third-order valence-corrected chi connectivity index (χ3v) is 3.76. The van der Waals surface area contributed by atoms with E-state index in [-0.39, 0.29) is 16.2 Å². The maximum absolute atomic E-state index is 12.3. The molecule has 0 spiro atoms. The molecule has 1 N–H and O–H groups in total. The Morgan fingerprint density at radius 2 is 1.92 bits per heavy atom. The van der Waals surface area contributed by atoms with Crippen molar-refractivity contribution in [3.05, 3.63) is 69.2 Å². The van der Waals surface area contributed by atoms with E-state index >= 15 is 0 Å². The molecule has 0 heterocycles. The topological polar surface area (TPSA) is 79.2 Å². The summed E-state index contributed by atoms with van der Waals surface area (Å²) in [5.41, 5.74) is 0.763. The Labute approximate surface area is 154 Å². The van der Waals surface area contributed by atoms with E-state index < -0.39 is 11.9 Å². The molecule has 0 aliphatic rings. The van der Waals surface area contributed by atoms with Crippen LogP contribution in [0.1, 0.15) is 15.9 Å². The molecular weight excluding hydrogens is 363 g/mol. The van der Waals surface area contributed by atoms with Crippen LogP contribution in [0.5, 0.6) is 0 Å². The number of esters is 1. The maximum atomic E-state index is 12.3. The van der Waals surface area contributed by atoms with Crippen molar-refractivity contribution in [2.24, 2.45) is 0 Å². The quantitative estimate of drug-likeness (QED) is 0.490. The zero-order chi connectivity index (χ0) is 18.4. The number of hydrogen-bond acceptors (Lipinski definition) is 4. The lowest BCUT2D eigenvalue weighted by Gasteiger charge is -2.08. The molecule has 7 heteroatoms. The molecule has 0 aromatic heterocycles. The number of benzene rings is 2. The minimum Gasteiger partial charge on any atom is -0.465 e. The lowest BCUT2D eigenvalue weighted by atomic mass is 10.0. The highest BCUT2D eigenvalue weighted by Crippen LogP contribution is 2.26. The van der Waals surface area contributed by atoms with Gasteiger partial charge in [0.2, 0.25) is 0 Å². The minimum atomic E-state index is -0.661. The van der Waals surface area contributed by atoms with Crippen molar-refractivity contribution >= 4 is 46.8 Å². The van der Waals surface area contributed by atoms with Crippen LogP contribution in [0.3, 0.4) is 0 Å². The molecule has 0 saturated heterocycles. The number of halogens is 2. The number of rotatable bonds is 4. The molecule has 126 valence electrons. The summed E-state index contributed by atoms with van der Waals surface area (Å²) in [6.45, 7) is 0. The van der Waals surface area contributed by atoms with Gasteiger partial charge >= 0.3 is 5.97 Å². The van der Waals surface area contributed by atoms with Gasteiger partial charge in [-0.2, -0.15) is 5.26 Å². The first-order chi connectivity index (χ1) is 12.0. The summed E-state index contributed by atoms with van der Waals surface area (Å²) in [5.74, 6) is -1.23. The Hall–Kier alpha value is -2.81.